The van der Waals surface area contributed by atoms with Crippen LogP contribution in [0.2, 0.25) is 0 Å². The maximum Gasteiger partial charge on any atom is 0.416 e. The van der Waals surface area contributed by atoms with Gasteiger partial charge in [-0.15, -0.1) is 0 Å². The van der Waals surface area contributed by atoms with Crippen LogP contribution in [0.5, 0.6) is 0 Å². The first-order chi connectivity index (χ1) is 20.3. The molecule has 10 nitrogen and oxygen atoms in total. The molecular formula is C29H32F3N9O. The second kappa shape index (κ2) is 11.6. The number of amides is 2. The summed E-state index contributed by atoms with van der Waals surface area (Å²) in [5.74, 6) is 0.381. The van der Waals surface area contributed by atoms with E-state index < -0.39 is 17.8 Å². The fraction of sp³-hybridized carbons (Fsp3) is 0.379. The van der Waals surface area contributed by atoms with Crippen LogP contribution in [-0.2, 0) is 25.7 Å². The Balaban J connectivity index is 1.13. The second-order valence-electron chi connectivity index (χ2n) is 10.6. The van der Waals surface area contributed by atoms with Gasteiger partial charge in [-0.25, -0.2) is 19.7 Å². The fourth-order valence-corrected chi connectivity index (χ4v) is 5.49. The Kier molecular flexibility index (Phi) is 7.69. The number of hydrogen-bond donors (Lipinski definition) is 3. The van der Waals surface area contributed by atoms with Crippen LogP contribution >= 0.6 is 0 Å². The van der Waals surface area contributed by atoms with E-state index in [2.05, 4.69) is 42.4 Å². The molecule has 3 N–H and O–H groups in total. The van der Waals surface area contributed by atoms with Gasteiger partial charge in [-0.05, 0) is 48.4 Å². The third kappa shape index (κ3) is 6.02. The molecule has 2 aliphatic heterocycles. The summed E-state index contributed by atoms with van der Waals surface area (Å²) in [6.45, 7) is 6.97. The fourth-order valence-electron chi connectivity index (χ4n) is 5.49. The third-order valence-corrected chi connectivity index (χ3v) is 7.91. The van der Waals surface area contributed by atoms with Gasteiger partial charge in [0, 0.05) is 68.9 Å². The first-order valence-corrected chi connectivity index (χ1v) is 14.0. The van der Waals surface area contributed by atoms with Crippen LogP contribution in [0.1, 0.15) is 29.3 Å². The molecule has 0 radical (unpaired) electrons. The number of aromatic nitrogens is 4. The smallest absolute Gasteiger partial charge is 0.346 e. The molecule has 3 aromatic heterocycles. The Labute approximate surface area is 241 Å². The topological polar surface area (TPSA) is 105 Å². The Morgan fingerprint density at radius 2 is 1.86 bits per heavy atom. The van der Waals surface area contributed by atoms with Crippen LogP contribution in [0.4, 0.5) is 35.3 Å². The molecule has 5 heterocycles. The molecule has 220 valence electrons. The van der Waals surface area contributed by atoms with Gasteiger partial charge in [0.05, 0.1) is 23.5 Å². The van der Waals surface area contributed by atoms with Crippen LogP contribution in [0.15, 0.2) is 48.9 Å². The highest BCUT2D eigenvalue weighted by Crippen LogP contribution is 2.35. The van der Waals surface area contributed by atoms with Gasteiger partial charge in [-0.1, -0.05) is 13.0 Å². The molecule has 4 aromatic rings. The number of hydrogen-bond acceptors (Lipinski definition) is 7. The van der Waals surface area contributed by atoms with Crippen molar-refractivity contribution in [2.75, 3.05) is 49.9 Å². The number of piperazine rings is 1. The van der Waals surface area contributed by atoms with Crippen molar-refractivity contribution < 1.29 is 18.0 Å². The maximum absolute atomic E-state index is 14.0. The number of urea groups is 1. The van der Waals surface area contributed by atoms with Crippen molar-refractivity contribution in [2.45, 2.75) is 32.6 Å². The lowest BCUT2D eigenvalue weighted by Crippen LogP contribution is -2.45. The summed E-state index contributed by atoms with van der Waals surface area (Å²) in [6, 6.07) is 7.30. The number of halogens is 3. The minimum Gasteiger partial charge on any atom is -0.346 e. The number of carbonyl (C=O) groups excluding carboxylic acids is 1. The van der Waals surface area contributed by atoms with Gasteiger partial charge in [0.25, 0.3) is 0 Å². The lowest BCUT2D eigenvalue weighted by Gasteiger charge is -2.34. The molecule has 0 saturated carbocycles. The number of rotatable bonds is 6. The largest absolute Gasteiger partial charge is 0.416 e. The van der Waals surface area contributed by atoms with Gasteiger partial charge in [-0.3, -0.25) is 4.90 Å². The molecule has 1 aromatic carbocycles. The van der Waals surface area contributed by atoms with Crippen LogP contribution < -0.4 is 10.6 Å². The zero-order valence-electron chi connectivity index (χ0n) is 23.2. The third-order valence-electron chi connectivity index (χ3n) is 7.91. The number of alkyl halides is 3. The number of likely N-dealkylation sites (N-methyl/N-ethyl adjacent to an activating group) is 1. The molecule has 2 aliphatic rings. The Bertz CT molecular complexity index is 1580. The van der Waals surface area contributed by atoms with Crippen LogP contribution in [0.25, 0.3) is 11.0 Å². The lowest BCUT2D eigenvalue weighted by molar-refractivity contribution is -0.138. The lowest BCUT2D eigenvalue weighted by atomic mass is 10.0. The van der Waals surface area contributed by atoms with Crippen molar-refractivity contribution in [3.63, 3.8) is 0 Å². The Morgan fingerprint density at radius 3 is 2.64 bits per heavy atom. The van der Waals surface area contributed by atoms with E-state index in [-0.39, 0.29) is 24.3 Å². The standard InChI is InChI=1S/C29H32F3N9O/c1-2-39-11-13-40(14-12-39)17-20-3-4-21(15-23(20)29(30,31)32)36-28(42)41-10-7-19-16-35-27(38-25(19)18-41)37-24-6-9-34-26-22(24)5-8-33-26/h3-6,8-9,15-16H,2,7,10-14,17-18H2,1H3,(H,36,42)(H2,33,34,35,37,38). The SMILES string of the molecule is CCN1CCN(Cc2ccc(NC(=O)N3CCc4cnc(Nc5ccnc6[nH]ccc56)nc4C3)cc2C(F)(F)F)CC1. The number of fused-ring (bicyclic) bond motifs is 2. The predicted molar refractivity (Wildman–Crippen MR) is 153 cm³/mol. The van der Waals surface area contributed by atoms with Crippen molar-refractivity contribution in [1.82, 2.24) is 34.6 Å². The van der Waals surface area contributed by atoms with Gasteiger partial charge in [0.1, 0.15) is 5.65 Å². The van der Waals surface area contributed by atoms with Gasteiger partial charge in [0.2, 0.25) is 5.95 Å². The van der Waals surface area contributed by atoms with Gasteiger partial charge >= 0.3 is 12.2 Å². The summed E-state index contributed by atoms with van der Waals surface area (Å²) in [5.41, 5.74) is 2.72. The summed E-state index contributed by atoms with van der Waals surface area (Å²) in [7, 11) is 0. The molecule has 0 atom stereocenters. The highest BCUT2D eigenvalue weighted by molar-refractivity contribution is 5.91. The van der Waals surface area contributed by atoms with Crippen molar-refractivity contribution in [3.8, 4) is 0 Å². The van der Waals surface area contributed by atoms with Gasteiger partial charge in [-0.2, -0.15) is 13.2 Å². The van der Waals surface area contributed by atoms with Crippen molar-refractivity contribution in [3.05, 3.63) is 71.3 Å². The number of pyridine rings is 1. The molecule has 6 rings (SSSR count). The summed E-state index contributed by atoms with van der Waals surface area (Å²) < 4.78 is 42.1. The number of nitrogens with zero attached hydrogens (tertiary/aromatic N) is 6. The Hall–Kier alpha value is -4.23. The van der Waals surface area contributed by atoms with Gasteiger partial charge < -0.3 is 25.4 Å². The van der Waals surface area contributed by atoms with E-state index >= 15 is 0 Å². The molecule has 1 fully saturated rings. The summed E-state index contributed by atoms with van der Waals surface area (Å²) in [4.78, 5) is 35.4. The van der Waals surface area contributed by atoms with Crippen LogP contribution in [0, 0.1) is 0 Å². The molecule has 42 heavy (non-hydrogen) atoms. The van der Waals surface area contributed by atoms with E-state index in [1.54, 1.807) is 29.6 Å². The van der Waals surface area contributed by atoms with E-state index in [1.807, 2.05) is 17.0 Å². The average molecular weight is 580 g/mol. The van der Waals surface area contributed by atoms with Crippen molar-refractivity contribution >= 4 is 34.4 Å². The number of carbonyl (C=O) groups is 1. The molecule has 0 bridgehead atoms. The van der Waals surface area contributed by atoms with E-state index in [0.29, 0.717) is 24.6 Å². The number of H-pyrrole nitrogens is 1. The predicted octanol–water partition coefficient (Wildman–Crippen LogP) is 4.84. The first-order valence-electron chi connectivity index (χ1n) is 14.0. The monoisotopic (exact) mass is 579 g/mol. The second-order valence-corrected chi connectivity index (χ2v) is 10.6. The number of nitrogens with one attached hydrogen (secondary N) is 3. The van der Waals surface area contributed by atoms with E-state index in [4.69, 9.17) is 0 Å². The molecule has 0 unspecified atom stereocenters. The molecule has 1 saturated heterocycles. The van der Waals surface area contributed by atoms with Crippen molar-refractivity contribution in [2.24, 2.45) is 0 Å². The summed E-state index contributed by atoms with van der Waals surface area (Å²) in [6.07, 6.45) is 1.22. The maximum atomic E-state index is 14.0. The number of aromatic amines is 1. The molecule has 0 spiro atoms. The minimum absolute atomic E-state index is 0.107. The highest BCUT2D eigenvalue weighted by Gasteiger charge is 2.34. The quantitative estimate of drug-likeness (QED) is 0.300. The summed E-state index contributed by atoms with van der Waals surface area (Å²) in [5, 5.41) is 6.77. The van der Waals surface area contributed by atoms with E-state index in [0.717, 1.165) is 61.1 Å². The van der Waals surface area contributed by atoms with E-state index in [9.17, 15) is 18.0 Å². The average Bonchev–Trinajstić information content (AvgIpc) is 3.47. The van der Waals surface area contributed by atoms with Crippen LogP contribution in [-0.4, -0.2) is 79.9 Å². The minimum atomic E-state index is -4.54. The molecular weight excluding hydrogens is 547 g/mol. The molecule has 2 amide bonds. The first kappa shape index (κ1) is 27.9. The van der Waals surface area contributed by atoms with Gasteiger partial charge in [0.15, 0.2) is 0 Å². The molecule has 13 heteroatoms. The Morgan fingerprint density at radius 1 is 1.05 bits per heavy atom. The van der Waals surface area contributed by atoms with E-state index in [1.165, 1.54) is 6.07 Å². The zero-order chi connectivity index (χ0) is 29.3. The number of benzene rings is 1. The highest BCUT2D eigenvalue weighted by atomic mass is 19.4. The van der Waals surface area contributed by atoms with Crippen molar-refractivity contribution in [1.29, 1.82) is 0 Å². The number of anilines is 3. The molecule has 0 aliphatic carbocycles. The normalized spacial score (nSPS) is 16.4. The van der Waals surface area contributed by atoms with Crippen LogP contribution in [0.3, 0.4) is 0 Å². The summed E-state index contributed by atoms with van der Waals surface area (Å²) >= 11 is 0. The zero-order valence-corrected chi connectivity index (χ0v) is 23.2.